The molecule has 0 aliphatic carbocycles. The topological polar surface area (TPSA) is 71.1 Å². The molecule has 0 amide bonds. The minimum absolute atomic E-state index is 0.122. The Hall–Kier alpha value is -1.91. The third-order valence-corrected chi connectivity index (χ3v) is 2.45. The van der Waals surface area contributed by atoms with Gasteiger partial charge in [-0.3, -0.25) is 0 Å². The Balaban J connectivity index is 2.60. The Kier molecular flexibility index (Phi) is 4.63. The van der Waals surface area contributed by atoms with Crippen LogP contribution in [-0.4, -0.2) is 31.7 Å². The van der Waals surface area contributed by atoms with E-state index in [0.29, 0.717) is 6.61 Å². The van der Waals surface area contributed by atoms with E-state index in [9.17, 15) is 0 Å². The molecule has 0 aromatic heterocycles. The molecule has 1 aromatic carbocycles. The first-order valence-electron chi connectivity index (χ1n) is 5.42. The van der Waals surface area contributed by atoms with Crippen molar-refractivity contribution in [1.29, 1.82) is 0 Å². The van der Waals surface area contributed by atoms with Crippen molar-refractivity contribution in [3.63, 3.8) is 0 Å². The minimum atomic E-state index is -0.122. The highest BCUT2D eigenvalue weighted by molar-refractivity contribution is 5.81. The smallest absolute Gasteiger partial charge is 0.145 e. The standard InChI is InChI=1S/C12H19N3O2/c1-9(12(13)14-16)8-17-11-6-4-5-10(7-11)15(2)3/h4-7,9,16H,8H2,1-3H3,(H2,13,14). The monoisotopic (exact) mass is 237 g/mol. The zero-order valence-corrected chi connectivity index (χ0v) is 10.4. The fraction of sp³-hybridized carbons (Fsp3) is 0.417. The summed E-state index contributed by atoms with van der Waals surface area (Å²) in [5.41, 5.74) is 6.54. The highest BCUT2D eigenvalue weighted by Gasteiger charge is 2.08. The molecule has 0 fully saturated rings. The van der Waals surface area contributed by atoms with E-state index < -0.39 is 0 Å². The van der Waals surface area contributed by atoms with Crippen LogP contribution in [0.4, 0.5) is 5.69 Å². The molecule has 0 bridgehead atoms. The van der Waals surface area contributed by atoms with Gasteiger partial charge >= 0.3 is 0 Å². The summed E-state index contributed by atoms with van der Waals surface area (Å²) >= 11 is 0. The Morgan fingerprint density at radius 1 is 1.53 bits per heavy atom. The van der Waals surface area contributed by atoms with Gasteiger partial charge in [0.1, 0.15) is 11.6 Å². The van der Waals surface area contributed by atoms with Crippen molar-refractivity contribution in [2.45, 2.75) is 6.92 Å². The number of benzene rings is 1. The van der Waals surface area contributed by atoms with Crippen molar-refractivity contribution in [3.8, 4) is 5.75 Å². The van der Waals surface area contributed by atoms with Crippen molar-refractivity contribution >= 4 is 11.5 Å². The molecule has 0 heterocycles. The van der Waals surface area contributed by atoms with Crippen LogP contribution >= 0.6 is 0 Å². The zero-order valence-electron chi connectivity index (χ0n) is 10.4. The van der Waals surface area contributed by atoms with Crippen LogP contribution in [0.3, 0.4) is 0 Å². The van der Waals surface area contributed by atoms with Gasteiger partial charge in [-0.15, -0.1) is 0 Å². The second-order valence-corrected chi connectivity index (χ2v) is 4.13. The lowest BCUT2D eigenvalue weighted by atomic mass is 10.2. The molecule has 0 saturated heterocycles. The maximum atomic E-state index is 8.52. The molecule has 1 rings (SSSR count). The van der Waals surface area contributed by atoms with E-state index >= 15 is 0 Å². The quantitative estimate of drug-likeness (QED) is 0.352. The first-order chi connectivity index (χ1) is 8.04. The third-order valence-electron chi connectivity index (χ3n) is 2.45. The van der Waals surface area contributed by atoms with Gasteiger partial charge in [-0.2, -0.15) is 0 Å². The average Bonchev–Trinajstić information content (AvgIpc) is 2.35. The van der Waals surface area contributed by atoms with Crippen LogP contribution in [0.15, 0.2) is 29.4 Å². The molecule has 0 radical (unpaired) electrons. The number of ether oxygens (including phenoxy) is 1. The number of nitrogens with two attached hydrogens (primary N) is 1. The number of anilines is 1. The van der Waals surface area contributed by atoms with Crippen LogP contribution in [0.25, 0.3) is 0 Å². The van der Waals surface area contributed by atoms with Gasteiger partial charge in [0.2, 0.25) is 0 Å². The second-order valence-electron chi connectivity index (χ2n) is 4.13. The molecule has 5 heteroatoms. The molecule has 5 nitrogen and oxygen atoms in total. The molecule has 1 atom stereocenters. The van der Waals surface area contributed by atoms with Gasteiger partial charge in [0.15, 0.2) is 0 Å². The first kappa shape index (κ1) is 13.2. The fourth-order valence-electron chi connectivity index (χ4n) is 1.26. The van der Waals surface area contributed by atoms with Crippen LogP contribution in [-0.2, 0) is 0 Å². The second kappa shape index (κ2) is 5.98. The molecule has 0 aliphatic rings. The van der Waals surface area contributed by atoms with Gasteiger partial charge in [-0.05, 0) is 12.1 Å². The van der Waals surface area contributed by atoms with E-state index in [2.05, 4.69) is 5.16 Å². The molecular formula is C12H19N3O2. The van der Waals surface area contributed by atoms with Gasteiger partial charge in [0.05, 0.1) is 12.5 Å². The maximum absolute atomic E-state index is 8.52. The van der Waals surface area contributed by atoms with Crippen LogP contribution in [0, 0.1) is 5.92 Å². The normalized spacial score (nSPS) is 13.2. The molecule has 3 N–H and O–H groups in total. The van der Waals surface area contributed by atoms with Gasteiger partial charge < -0.3 is 20.6 Å². The summed E-state index contributed by atoms with van der Waals surface area (Å²) in [4.78, 5) is 2.00. The summed E-state index contributed by atoms with van der Waals surface area (Å²) in [6, 6.07) is 7.75. The molecule has 17 heavy (non-hydrogen) atoms. The highest BCUT2D eigenvalue weighted by atomic mass is 16.5. The lowest BCUT2D eigenvalue weighted by Gasteiger charge is -2.15. The molecule has 0 aliphatic heterocycles. The van der Waals surface area contributed by atoms with Crippen molar-refractivity contribution in [2.24, 2.45) is 16.8 Å². The zero-order chi connectivity index (χ0) is 12.8. The number of oxime groups is 1. The van der Waals surface area contributed by atoms with E-state index in [1.54, 1.807) is 0 Å². The van der Waals surface area contributed by atoms with Gasteiger partial charge in [-0.1, -0.05) is 18.1 Å². The number of hydrogen-bond acceptors (Lipinski definition) is 4. The third kappa shape index (κ3) is 3.86. The molecule has 0 saturated carbocycles. The Morgan fingerprint density at radius 3 is 2.82 bits per heavy atom. The Bertz CT molecular complexity index is 391. The van der Waals surface area contributed by atoms with Gasteiger partial charge in [0, 0.05) is 25.8 Å². The molecular weight excluding hydrogens is 218 g/mol. The fourth-order valence-corrected chi connectivity index (χ4v) is 1.26. The summed E-state index contributed by atoms with van der Waals surface area (Å²) < 4.78 is 5.58. The number of hydrogen-bond donors (Lipinski definition) is 2. The van der Waals surface area contributed by atoms with Crippen molar-refractivity contribution in [1.82, 2.24) is 0 Å². The van der Waals surface area contributed by atoms with Crippen molar-refractivity contribution < 1.29 is 9.94 Å². The molecule has 1 unspecified atom stereocenters. The van der Waals surface area contributed by atoms with Crippen molar-refractivity contribution in [2.75, 3.05) is 25.6 Å². The predicted octanol–water partition coefficient (Wildman–Crippen LogP) is 1.51. The Morgan fingerprint density at radius 2 is 2.24 bits per heavy atom. The number of rotatable bonds is 5. The van der Waals surface area contributed by atoms with E-state index in [-0.39, 0.29) is 11.8 Å². The number of nitrogens with zero attached hydrogens (tertiary/aromatic N) is 2. The van der Waals surface area contributed by atoms with Crippen LogP contribution in [0.2, 0.25) is 0 Å². The minimum Gasteiger partial charge on any atom is -0.493 e. The lowest BCUT2D eigenvalue weighted by molar-refractivity contribution is 0.279. The van der Waals surface area contributed by atoms with E-state index in [1.807, 2.05) is 50.2 Å². The molecule has 1 aromatic rings. The first-order valence-corrected chi connectivity index (χ1v) is 5.42. The average molecular weight is 237 g/mol. The predicted molar refractivity (Wildman–Crippen MR) is 68.8 cm³/mol. The summed E-state index contributed by atoms with van der Waals surface area (Å²) in [7, 11) is 3.94. The maximum Gasteiger partial charge on any atom is 0.145 e. The van der Waals surface area contributed by atoms with Crippen molar-refractivity contribution in [3.05, 3.63) is 24.3 Å². The Labute approximate surface area is 101 Å². The lowest BCUT2D eigenvalue weighted by Crippen LogP contribution is -2.26. The summed E-state index contributed by atoms with van der Waals surface area (Å²) in [6.07, 6.45) is 0. The largest absolute Gasteiger partial charge is 0.493 e. The van der Waals surface area contributed by atoms with Gasteiger partial charge in [-0.25, -0.2) is 0 Å². The SMILES string of the molecule is CC(COc1cccc(N(C)C)c1)/C(N)=N/O. The van der Waals surface area contributed by atoms with Gasteiger partial charge in [0.25, 0.3) is 0 Å². The summed E-state index contributed by atoms with van der Waals surface area (Å²) in [5.74, 6) is 0.825. The summed E-state index contributed by atoms with van der Waals surface area (Å²) in [5, 5.41) is 11.5. The van der Waals surface area contributed by atoms with Crippen LogP contribution < -0.4 is 15.4 Å². The van der Waals surface area contributed by atoms with E-state index in [1.165, 1.54) is 0 Å². The molecule has 94 valence electrons. The summed E-state index contributed by atoms with van der Waals surface area (Å²) in [6.45, 7) is 2.22. The number of amidine groups is 1. The van der Waals surface area contributed by atoms with E-state index in [0.717, 1.165) is 11.4 Å². The van der Waals surface area contributed by atoms with Crippen LogP contribution in [0.1, 0.15) is 6.92 Å². The van der Waals surface area contributed by atoms with E-state index in [4.69, 9.17) is 15.7 Å². The van der Waals surface area contributed by atoms with Crippen LogP contribution in [0.5, 0.6) is 5.75 Å². The molecule has 0 spiro atoms. The highest BCUT2D eigenvalue weighted by Crippen LogP contribution is 2.19.